The van der Waals surface area contributed by atoms with Crippen LogP contribution in [0.4, 0.5) is 14.5 Å². The van der Waals surface area contributed by atoms with Crippen molar-refractivity contribution < 1.29 is 13.5 Å². The molecule has 1 aliphatic heterocycles. The molecular formula is C12H16F2N2O. The van der Waals surface area contributed by atoms with E-state index < -0.39 is 6.61 Å². The highest BCUT2D eigenvalue weighted by Gasteiger charge is 2.14. The molecule has 1 aromatic rings. The predicted octanol–water partition coefficient (Wildman–Crippen LogP) is 2.45. The van der Waals surface area contributed by atoms with Gasteiger partial charge in [0.15, 0.2) is 0 Å². The van der Waals surface area contributed by atoms with Crippen LogP contribution < -0.4 is 15.4 Å². The van der Waals surface area contributed by atoms with E-state index in [0.29, 0.717) is 11.7 Å². The number of alkyl halides is 2. The molecule has 0 saturated carbocycles. The van der Waals surface area contributed by atoms with Crippen molar-refractivity contribution in [2.24, 2.45) is 0 Å². The lowest BCUT2D eigenvalue weighted by Crippen LogP contribution is -2.29. The smallest absolute Gasteiger partial charge is 0.387 e. The van der Waals surface area contributed by atoms with E-state index in [1.165, 1.54) is 12.5 Å². The molecule has 94 valence electrons. The third kappa shape index (κ3) is 3.56. The summed E-state index contributed by atoms with van der Waals surface area (Å²) in [5.41, 5.74) is 0.612. The lowest BCUT2D eigenvalue weighted by atomic mass is 10.2. The fraction of sp³-hybridized carbons (Fsp3) is 0.500. The number of para-hydroxylation sites is 2. The first-order valence-corrected chi connectivity index (χ1v) is 5.77. The number of hydrogen-bond acceptors (Lipinski definition) is 3. The highest BCUT2D eigenvalue weighted by Crippen LogP contribution is 2.25. The van der Waals surface area contributed by atoms with Crippen molar-refractivity contribution in [3.05, 3.63) is 24.3 Å². The number of nitrogens with one attached hydrogen (secondary N) is 2. The first-order chi connectivity index (χ1) is 8.25. The summed E-state index contributed by atoms with van der Waals surface area (Å²) in [5, 5.41) is 6.48. The minimum atomic E-state index is -2.79. The van der Waals surface area contributed by atoms with E-state index in [2.05, 4.69) is 15.4 Å². The lowest BCUT2D eigenvalue weighted by Gasteiger charge is -2.15. The first kappa shape index (κ1) is 12.1. The summed E-state index contributed by atoms with van der Waals surface area (Å²) in [7, 11) is 0. The Bertz CT molecular complexity index is 354. The summed E-state index contributed by atoms with van der Waals surface area (Å²) < 4.78 is 28.8. The molecule has 2 N–H and O–H groups in total. The number of anilines is 1. The van der Waals surface area contributed by atoms with Crippen LogP contribution in [0.3, 0.4) is 0 Å². The van der Waals surface area contributed by atoms with E-state index in [1.54, 1.807) is 18.2 Å². The molecule has 0 aliphatic carbocycles. The summed E-state index contributed by atoms with van der Waals surface area (Å²) in [6.45, 7) is -1.03. The van der Waals surface area contributed by atoms with E-state index in [0.717, 1.165) is 19.5 Å². The second kappa shape index (κ2) is 5.82. The predicted molar refractivity (Wildman–Crippen MR) is 62.6 cm³/mol. The average molecular weight is 242 g/mol. The Hall–Kier alpha value is -1.36. The largest absolute Gasteiger partial charge is 0.433 e. The van der Waals surface area contributed by atoms with Crippen LogP contribution in [0, 0.1) is 0 Å². The molecule has 1 heterocycles. The topological polar surface area (TPSA) is 33.3 Å². The van der Waals surface area contributed by atoms with Crippen LogP contribution in [0.25, 0.3) is 0 Å². The number of rotatable bonds is 5. The molecule has 2 rings (SSSR count). The van der Waals surface area contributed by atoms with E-state index in [-0.39, 0.29) is 5.75 Å². The molecule has 1 atom stereocenters. The molecule has 1 aliphatic rings. The van der Waals surface area contributed by atoms with Gasteiger partial charge in [0.1, 0.15) is 5.75 Å². The van der Waals surface area contributed by atoms with Gasteiger partial charge in [0, 0.05) is 12.6 Å². The quantitative estimate of drug-likeness (QED) is 0.832. The molecule has 0 radical (unpaired) electrons. The van der Waals surface area contributed by atoms with Crippen molar-refractivity contribution >= 4 is 5.69 Å². The maximum Gasteiger partial charge on any atom is 0.387 e. The van der Waals surface area contributed by atoms with Gasteiger partial charge in [-0.25, -0.2) is 0 Å². The van der Waals surface area contributed by atoms with Gasteiger partial charge < -0.3 is 15.4 Å². The van der Waals surface area contributed by atoms with Gasteiger partial charge >= 0.3 is 6.61 Å². The summed E-state index contributed by atoms with van der Waals surface area (Å²) in [6, 6.07) is 7.16. The summed E-state index contributed by atoms with van der Waals surface area (Å²) >= 11 is 0. The summed E-state index contributed by atoms with van der Waals surface area (Å²) in [5.74, 6) is 0.195. The fourth-order valence-corrected chi connectivity index (χ4v) is 1.98. The van der Waals surface area contributed by atoms with E-state index >= 15 is 0 Å². The normalized spacial score (nSPS) is 19.6. The average Bonchev–Trinajstić information content (AvgIpc) is 2.80. The number of ether oxygens (including phenoxy) is 1. The van der Waals surface area contributed by atoms with Crippen molar-refractivity contribution in [2.75, 3.05) is 18.4 Å². The molecule has 1 aromatic carbocycles. The zero-order valence-electron chi connectivity index (χ0n) is 9.46. The minimum absolute atomic E-state index is 0.195. The molecular weight excluding hydrogens is 226 g/mol. The Morgan fingerprint density at radius 1 is 1.41 bits per heavy atom. The molecule has 17 heavy (non-hydrogen) atoms. The van der Waals surface area contributed by atoms with Gasteiger partial charge in [0.2, 0.25) is 0 Å². The van der Waals surface area contributed by atoms with Crippen LogP contribution in [0.1, 0.15) is 12.8 Å². The molecule has 5 heteroatoms. The maximum atomic E-state index is 12.2. The minimum Gasteiger partial charge on any atom is -0.433 e. The van der Waals surface area contributed by atoms with Gasteiger partial charge in [-0.05, 0) is 31.5 Å². The maximum absolute atomic E-state index is 12.2. The van der Waals surface area contributed by atoms with Gasteiger partial charge in [-0.3, -0.25) is 0 Å². The van der Waals surface area contributed by atoms with Crippen LogP contribution in [0.2, 0.25) is 0 Å². The monoisotopic (exact) mass is 242 g/mol. The lowest BCUT2D eigenvalue weighted by molar-refractivity contribution is -0.0493. The zero-order chi connectivity index (χ0) is 12.1. The third-order valence-corrected chi connectivity index (χ3v) is 2.80. The number of halogens is 2. The van der Waals surface area contributed by atoms with Crippen LogP contribution in [0.5, 0.6) is 5.75 Å². The van der Waals surface area contributed by atoms with Crippen LogP contribution in [0.15, 0.2) is 24.3 Å². The third-order valence-electron chi connectivity index (χ3n) is 2.80. The van der Waals surface area contributed by atoms with Gasteiger partial charge in [-0.2, -0.15) is 8.78 Å². The Labute approximate surface area is 99.2 Å². The SMILES string of the molecule is FC(F)Oc1ccccc1NCC1CCCN1. The Kier molecular flexibility index (Phi) is 4.14. The zero-order valence-corrected chi connectivity index (χ0v) is 9.46. The molecule has 0 spiro atoms. The van der Waals surface area contributed by atoms with Gasteiger partial charge in [0.05, 0.1) is 5.69 Å². The van der Waals surface area contributed by atoms with Crippen molar-refractivity contribution in [2.45, 2.75) is 25.5 Å². The van der Waals surface area contributed by atoms with Gasteiger partial charge in [0.25, 0.3) is 0 Å². The van der Waals surface area contributed by atoms with Crippen LogP contribution in [-0.2, 0) is 0 Å². The van der Waals surface area contributed by atoms with Gasteiger partial charge in [-0.15, -0.1) is 0 Å². The molecule has 0 aromatic heterocycles. The highest BCUT2D eigenvalue weighted by atomic mass is 19.3. The Morgan fingerprint density at radius 3 is 2.94 bits per heavy atom. The fourth-order valence-electron chi connectivity index (χ4n) is 1.98. The molecule has 3 nitrogen and oxygen atoms in total. The standard InChI is InChI=1S/C12H16F2N2O/c13-12(14)17-11-6-2-1-5-10(11)16-8-9-4-3-7-15-9/h1-2,5-6,9,12,15-16H,3-4,7-8H2. The van der Waals surface area contributed by atoms with Crippen molar-refractivity contribution in [1.82, 2.24) is 5.32 Å². The highest BCUT2D eigenvalue weighted by molar-refractivity contribution is 5.56. The van der Waals surface area contributed by atoms with Crippen LogP contribution >= 0.6 is 0 Å². The second-order valence-electron chi connectivity index (χ2n) is 4.05. The van der Waals surface area contributed by atoms with E-state index in [9.17, 15) is 8.78 Å². The second-order valence-corrected chi connectivity index (χ2v) is 4.05. The summed E-state index contributed by atoms with van der Waals surface area (Å²) in [4.78, 5) is 0. The molecule has 0 bridgehead atoms. The van der Waals surface area contributed by atoms with E-state index in [4.69, 9.17) is 0 Å². The summed E-state index contributed by atoms with van der Waals surface area (Å²) in [6.07, 6.45) is 2.28. The van der Waals surface area contributed by atoms with Crippen molar-refractivity contribution in [3.63, 3.8) is 0 Å². The number of hydrogen-bond donors (Lipinski definition) is 2. The number of benzene rings is 1. The van der Waals surface area contributed by atoms with Gasteiger partial charge in [-0.1, -0.05) is 12.1 Å². The van der Waals surface area contributed by atoms with Crippen molar-refractivity contribution in [1.29, 1.82) is 0 Å². The molecule has 1 fully saturated rings. The van der Waals surface area contributed by atoms with Crippen LogP contribution in [-0.4, -0.2) is 25.7 Å². The first-order valence-electron chi connectivity index (χ1n) is 5.77. The molecule has 1 saturated heterocycles. The van der Waals surface area contributed by atoms with Crippen molar-refractivity contribution in [3.8, 4) is 5.75 Å². The molecule has 1 unspecified atom stereocenters. The Balaban J connectivity index is 1.94. The molecule has 0 amide bonds. The Morgan fingerprint density at radius 2 is 2.24 bits per heavy atom. The van der Waals surface area contributed by atoms with E-state index in [1.807, 2.05) is 0 Å².